The lowest BCUT2D eigenvalue weighted by molar-refractivity contribution is 0.416. The van der Waals surface area contributed by atoms with E-state index in [0.29, 0.717) is 17.4 Å². The summed E-state index contributed by atoms with van der Waals surface area (Å²) in [6, 6.07) is 17.7. The van der Waals surface area contributed by atoms with Gasteiger partial charge in [0.25, 0.3) is 0 Å². The van der Waals surface area contributed by atoms with Gasteiger partial charge in [0.1, 0.15) is 11.6 Å². The summed E-state index contributed by atoms with van der Waals surface area (Å²) >= 11 is 0. The fraction of sp³-hybridized carbons (Fsp3) is 0.227. The van der Waals surface area contributed by atoms with Crippen LogP contribution in [0.1, 0.15) is 12.8 Å². The lowest BCUT2D eigenvalue weighted by atomic mass is 10.1. The molecule has 1 saturated heterocycles. The summed E-state index contributed by atoms with van der Waals surface area (Å²) in [5.41, 5.74) is 9.66. The second kappa shape index (κ2) is 7.09. The molecular weight excluding hydrogens is 364 g/mol. The number of anilines is 2. The van der Waals surface area contributed by atoms with Crippen LogP contribution in [0.3, 0.4) is 0 Å². The zero-order chi connectivity index (χ0) is 19.8. The van der Waals surface area contributed by atoms with Gasteiger partial charge in [-0.2, -0.15) is 4.98 Å². The Bertz CT molecular complexity index is 1160. The third kappa shape index (κ3) is 2.95. The van der Waals surface area contributed by atoms with E-state index in [9.17, 15) is 0 Å². The molecular formula is C22H22N6O. The van der Waals surface area contributed by atoms with Crippen molar-refractivity contribution < 1.29 is 4.74 Å². The van der Waals surface area contributed by atoms with Crippen molar-refractivity contribution in [1.82, 2.24) is 19.7 Å². The molecule has 0 radical (unpaired) electrons. The summed E-state index contributed by atoms with van der Waals surface area (Å²) in [6.45, 7) is 1.90. The van der Waals surface area contributed by atoms with Gasteiger partial charge in [-0.1, -0.05) is 30.3 Å². The monoisotopic (exact) mass is 386 g/mol. The number of fused-ring (bicyclic) bond motifs is 1. The van der Waals surface area contributed by atoms with Crippen molar-refractivity contribution in [2.45, 2.75) is 12.8 Å². The van der Waals surface area contributed by atoms with E-state index < -0.39 is 0 Å². The molecule has 29 heavy (non-hydrogen) atoms. The van der Waals surface area contributed by atoms with E-state index in [1.165, 1.54) is 0 Å². The van der Waals surface area contributed by atoms with Gasteiger partial charge in [0.15, 0.2) is 5.65 Å². The molecule has 2 aromatic carbocycles. The van der Waals surface area contributed by atoms with E-state index in [1.807, 2.05) is 54.6 Å². The molecule has 1 fully saturated rings. The van der Waals surface area contributed by atoms with Crippen molar-refractivity contribution >= 4 is 22.8 Å². The standard InChI is InChI=1S/C22H22N6O/c1-29-17-12-6-5-11-16(17)19-18-20(23)28(15-9-3-2-4-10-15)26-21(18)25-22(24-19)27-13-7-8-14-27/h2-6,9-12H,7-8,13-14,23H2,1H3. The second-order valence-corrected chi connectivity index (χ2v) is 7.10. The summed E-state index contributed by atoms with van der Waals surface area (Å²) in [5, 5.41) is 5.47. The van der Waals surface area contributed by atoms with E-state index in [-0.39, 0.29) is 0 Å². The minimum Gasteiger partial charge on any atom is -0.496 e. The number of benzene rings is 2. The molecule has 0 atom stereocenters. The van der Waals surface area contributed by atoms with E-state index in [2.05, 4.69) is 4.90 Å². The molecule has 3 heterocycles. The van der Waals surface area contributed by atoms with Gasteiger partial charge >= 0.3 is 0 Å². The first-order valence-corrected chi connectivity index (χ1v) is 9.76. The summed E-state index contributed by atoms with van der Waals surface area (Å²) in [4.78, 5) is 11.9. The number of nitrogens with zero attached hydrogens (tertiary/aromatic N) is 5. The van der Waals surface area contributed by atoms with Gasteiger partial charge < -0.3 is 15.4 Å². The molecule has 1 aliphatic rings. The smallest absolute Gasteiger partial charge is 0.228 e. The summed E-state index contributed by atoms with van der Waals surface area (Å²) in [5.74, 6) is 1.94. The molecule has 0 amide bonds. The first-order valence-electron chi connectivity index (χ1n) is 9.76. The molecule has 0 spiro atoms. The van der Waals surface area contributed by atoms with Gasteiger partial charge in [-0.3, -0.25) is 0 Å². The third-order valence-electron chi connectivity index (χ3n) is 5.31. The van der Waals surface area contributed by atoms with Crippen LogP contribution in [-0.4, -0.2) is 39.9 Å². The minimum atomic E-state index is 0.514. The Morgan fingerprint density at radius 2 is 1.66 bits per heavy atom. The number of hydrogen-bond donors (Lipinski definition) is 1. The van der Waals surface area contributed by atoms with Crippen LogP contribution in [0.2, 0.25) is 0 Å². The van der Waals surface area contributed by atoms with Crippen LogP contribution in [0.25, 0.3) is 28.0 Å². The highest BCUT2D eigenvalue weighted by Gasteiger charge is 2.24. The Morgan fingerprint density at radius 1 is 0.931 bits per heavy atom. The number of methoxy groups -OCH3 is 1. The fourth-order valence-corrected chi connectivity index (χ4v) is 3.86. The van der Waals surface area contributed by atoms with Crippen molar-refractivity contribution in [1.29, 1.82) is 0 Å². The van der Waals surface area contributed by atoms with Gasteiger partial charge in [-0.15, -0.1) is 5.10 Å². The van der Waals surface area contributed by atoms with Crippen LogP contribution in [0.15, 0.2) is 54.6 Å². The molecule has 2 aromatic heterocycles. The van der Waals surface area contributed by atoms with Crippen LogP contribution in [0, 0.1) is 0 Å². The summed E-state index contributed by atoms with van der Waals surface area (Å²) in [6.07, 6.45) is 2.29. The van der Waals surface area contributed by atoms with Crippen molar-refractivity contribution in [3.8, 4) is 22.7 Å². The average molecular weight is 386 g/mol. The molecule has 4 aromatic rings. The predicted molar refractivity (Wildman–Crippen MR) is 115 cm³/mol. The number of hydrogen-bond acceptors (Lipinski definition) is 6. The van der Waals surface area contributed by atoms with Crippen molar-refractivity contribution in [2.24, 2.45) is 0 Å². The van der Waals surface area contributed by atoms with Crippen LogP contribution in [0.4, 0.5) is 11.8 Å². The molecule has 7 nitrogen and oxygen atoms in total. The zero-order valence-electron chi connectivity index (χ0n) is 16.2. The lowest BCUT2D eigenvalue weighted by Crippen LogP contribution is -2.20. The topological polar surface area (TPSA) is 82.1 Å². The quantitative estimate of drug-likeness (QED) is 0.576. The molecule has 2 N–H and O–H groups in total. The molecule has 0 saturated carbocycles. The zero-order valence-corrected chi connectivity index (χ0v) is 16.2. The highest BCUT2D eigenvalue weighted by molar-refractivity contribution is 6.00. The highest BCUT2D eigenvalue weighted by atomic mass is 16.5. The molecule has 0 aliphatic carbocycles. The maximum absolute atomic E-state index is 6.57. The van der Waals surface area contributed by atoms with Gasteiger partial charge in [-0.25, -0.2) is 9.67 Å². The molecule has 7 heteroatoms. The summed E-state index contributed by atoms with van der Waals surface area (Å²) < 4.78 is 7.33. The molecule has 0 bridgehead atoms. The van der Waals surface area contributed by atoms with Gasteiger partial charge in [0.2, 0.25) is 5.95 Å². The van der Waals surface area contributed by atoms with Crippen LogP contribution < -0.4 is 15.4 Å². The Hall–Kier alpha value is -3.61. The maximum atomic E-state index is 6.57. The second-order valence-electron chi connectivity index (χ2n) is 7.10. The largest absolute Gasteiger partial charge is 0.496 e. The SMILES string of the molecule is COc1ccccc1-c1nc(N2CCCC2)nc2nn(-c3ccccc3)c(N)c12. The van der Waals surface area contributed by atoms with E-state index in [4.69, 9.17) is 25.5 Å². The lowest BCUT2D eigenvalue weighted by Gasteiger charge is -2.17. The summed E-state index contributed by atoms with van der Waals surface area (Å²) in [7, 11) is 1.66. The molecule has 146 valence electrons. The normalized spacial score (nSPS) is 13.9. The van der Waals surface area contributed by atoms with Gasteiger partial charge in [0, 0.05) is 18.7 Å². The average Bonchev–Trinajstić information content (AvgIpc) is 3.42. The molecule has 0 unspecified atom stereocenters. The van der Waals surface area contributed by atoms with E-state index in [1.54, 1.807) is 11.8 Å². The van der Waals surface area contributed by atoms with E-state index in [0.717, 1.165) is 54.0 Å². The number of nitrogens with two attached hydrogens (primary N) is 1. The number of ether oxygens (including phenoxy) is 1. The Morgan fingerprint density at radius 3 is 2.41 bits per heavy atom. The number of aromatic nitrogens is 4. The maximum Gasteiger partial charge on any atom is 0.228 e. The van der Waals surface area contributed by atoms with Crippen LogP contribution in [-0.2, 0) is 0 Å². The predicted octanol–water partition coefficient (Wildman–Crippen LogP) is 3.67. The number of para-hydroxylation sites is 2. The Balaban J connectivity index is 1.80. The molecule has 1 aliphatic heterocycles. The van der Waals surface area contributed by atoms with Crippen LogP contribution in [0.5, 0.6) is 5.75 Å². The Kier molecular flexibility index (Phi) is 4.27. The van der Waals surface area contributed by atoms with Crippen LogP contribution >= 0.6 is 0 Å². The Labute approximate surface area is 168 Å². The first kappa shape index (κ1) is 17.5. The number of nitrogen functional groups attached to an aromatic ring is 1. The van der Waals surface area contributed by atoms with Gasteiger partial charge in [-0.05, 0) is 37.1 Å². The molecule has 5 rings (SSSR count). The van der Waals surface area contributed by atoms with Gasteiger partial charge in [0.05, 0.1) is 23.9 Å². The highest BCUT2D eigenvalue weighted by Crippen LogP contribution is 2.37. The minimum absolute atomic E-state index is 0.514. The first-order chi connectivity index (χ1) is 14.3. The van der Waals surface area contributed by atoms with Crippen molar-refractivity contribution in [2.75, 3.05) is 30.8 Å². The number of rotatable bonds is 4. The van der Waals surface area contributed by atoms with Crippen molar-refractivity contribution in [3.63, 3.8) is 0 Å². The fourth-order valence-electron chi connectivity index (χ4n) is 3.86. The van der Waals surface area contributed by atoms with Crippen molar-refractivity contribution in [3.05, 3.63) is 54.6 Å². The van der Waals surface area contributed by atoms with E-state index >= 15 is 0 Å². The third-order valence-corrected chi connectivity index (χ3v) is 5.31.